The van der Waals surface area contributed by atoms with Crippen molar-refractivity contribution in [1.82, 2.24) is 10.2 Å². The van der Waals surface area contributed by atoms with Crippen molar-refractivity contribution in [1.29, 1.82) is 0 Å². The Balaban J connectivity index is 2.74. The Kier molecular flexibility index (Phi) is 6.76. The monoisotopic (exact) mass is 266 g/mol. The van der Waals surface area contributed by atoms with Crippen LogP contribution in [0.3, 0.4) is 0 Å². The molecule has 0 bridgehead atoms. The van der Waals surface area contributed by atoms with E-state index in [1.807, 2.05) is 18.8 Å². The second-order valence-corrected chi connectivity index (χ2v) is 6.17. The number of hydrogen-bond acceptors (Lipinski definition) is 3. The molecule has 1 atom stereocenters. The molecule has 102 valence electrons. The zero-order valence-electron chi connectivity index (χ0n) is 12.1. The quantitative estimate of drug-likeness (QED) is 0.778. The topological polar surface area (TPSA) is 15.3 Å². The van der Waals surface area contributed by atoms with Gasteiger partial charge in [0.15, 0.2) is 0 Å². The van der Waals surface area contributed by atoms with Crippen molar-refractivity contribution < 1.29 is 0 Å². The van der Waals surface area contributed by atoms with E-state index in [9.17, 15) is 0 Å². The third kappa shape index (κ3) is 4.63. The molecule has 0 heterocycles. The van der Waals surface area contributed by atoms with Gasteiger partial charge in [-0.1, -0.05) is 37.3 Å². The van der Waals surface area contributed by atoms with E-state index in [1.54, 1.807) is 0 Å². The zero-order chi connectivity index (χ0) is 13.4. The number of thioether (sulfide) groups is 1. The molecule has 0 aliphatic carbocycles. The lowest BCUT2D eigenvalue weighted by molar-refractivity contribution is 0.264. The molecule has 1 rings (SSSR count). The second kappa shape index (κ2) is 7.82. The van der Waals surface area contributed by atoms with E-state index in [4.69, 9.17) is 0 Å². The molecule has 0 amide bonds. The van der Waals surface area contributed by atoms with E-state index in [-0.39, 0.29) is 5.41 Å². The molecule has 0 radical (unpaired) electrons. The molecule has 1 aromatic rings. The van der Waals surface area contributed by atoms with Crippen molar-refractivity contribution in [2.24, 2.45) is 0 Å². The predicted molar refractivity (Wildman–Crippen MR) is 83.6 cm³/mol. The minimum Gasteiger partial charge on any atom is -0.319 e. The number of nitrogens with one attached hydrogen (secondary N) is 1. The van der Waals surface area contributed by atoms with E-state index < -0.39 is 0 Å². The van der Waals surface area contributed by atoms with Crippen molar-refractivity contribution in [2.75, 3.05) is 45.7 Å². The highest BCUT2D eigenvalue weighted by atomic mass is 32.2. The lowest BCUT2D eigenvalue weighted by Gasteiger charge is -2.34. The Morgan fingerprint density at radius 2 is 1.94 bits per heavy atom. The van der Waals surface area contributed by atoms with Gasteiger partial charge in [0.2, 0.25) is 0 Å². The van der Waals surface area contributed by atoms with Crippen LogP contribution in [0.5, 0.6) is 0 Å². The number of rotatable bonds is 8. The molecule has 2 nitrogen and oxygen atoms in total. The van der Waals surface area contributed by atoms with Crippen molar-refractivity contribution >= 4 is 11.8 Å². The summed E-state index contributed by atoms with van der Waals surface area (Å²) in [5.41, 5.74) is 1.58. The van der Waals surface area contributed by atoms with Gasteiger partial charge in [0.25, 0.3) is 0 Å². The van der Waals surface area contributed by atoms with Gasteiger partial charge >= 0.3 is 0 Å². The summed E-state index contributed by atoms with van der Waals surface area (Å²) in [6.07, 6.45) is 2.16. The summed E-state index contributed by atoms with van der Waals surface area (Å²) < 4.78 is 0. The van der Waals surface area contributed by atoms with Crippen LogP contribution in [0.2, 0.25) is 0 Å². The normalized spacial score (nSPS) is 14.7. The number of hydrogen-bond donors (Lipinski definition) is 1. The molecule has 0 saturated heterocycles. The lowest BCUT2D eigenvalue weighted by Crippen LogP contribution is -2.44. The van der Waals surface area contributed by atoms with Crippen LogP contribution in [-0.4, -0.2) is 50.6 Å². The van der Waals surface area contributed by atoms with E-state index >= 15 is 0 Å². The fourth-order valence-electron chi connectivity index (χ4n) is 2.40. The fourth-order valence-corrected chi connectivity index (χ4v) is 2.90. The Labute approximate surface area is 116 Å². The smallest absolute Gasteiger partial charge is 0.0176 e. The van der Waals surface area contributed by atoms with Crippen molar-refractivity contribution in [2.45, 2.75) is 12.3 Å². The van der Waals surface area contributed by atoms with Crippen LogP contribution in [0.15, 0.2) is 30.3 Å². The van der Waals surface area contributed by atoms with Crippen LogP contribution in [0.1, 0.15) is 12.5 Å². The molecule has 0 fully saturated rings. The summed E-state index contributed by atoms with van der Waals surface area (Å²) in [5, 5.41) is 3.34. The van der Waals surface area contributed by atoms with Gasteiger partial charge in [0, 0.05) is 30.8 Å². The average molecular weight is 266 g/mol. The third-order valence-electron chi connectivity index (χ3n) is 3.33. The molecule has 1 aromatic carbocycles. The summed E-state index contributed by atoms with van der Waals surface area (Å²) in [6, 6.07) is 10.8. The molecule has 0 saturated carbocycles. The molecule has 0 aliphatic rings. The molecular formula is C15H26N2S. The largest absolute Gasteiger partial charge is 0.319 e. The van der Waals surface area contributed by atoms with Crippen molar-refractivity contribution in [3.63, 3.8) is 0 Å². The van der Waals surface area contributed by atoms with Crippen LogP contribution in [0, 0.1) is 0 Å². The summed E-state index contributed by atoms with van der Waals surface area (Å²) in [7, 11) is 4.25. The van der Waals surface area contributed by atoms with Gasteiger partial charge in [0.05, 0.1) is 0 Å². The Bertz CT molecular complexity index is 329. The van der Waals surface area contributed by atoms with Gasteiger partial charge in [0.1, 0.15) is 0 Å². The molecule has 0 spiro atoms. The molecule has 1 unspecified atom stereocenters. The van der Waals surface area contributed by atoms with Crippen LogP contribution < -0.4 is 5.32 Å². The van der Waals surface area contributed by atoms with E-state index in [0.717, 1.165) is 19.6 Å². The van der Waals surface area contributed by atoms with Crippen LogP contribution in [0.4, 0.5) is 0 Å². The van der Waals surface area contributed by atoms with Gasteiger partial charge in [-0.25, -0.2) is 0 Å². The predicted octanol–water partition coefficient (Wildman–Crippen LogP) is 2.46. The van der Waals surface area contributed by atoms with Crippen LogP contribution in [-0.2, 0) is 5.41 Å². The van der Waals surface area contributed by atoms with Crippen molar-refractivity contribution in [3.05, 3.63) is 35.9 Å². The second-order valence-electron chi connectivity index (χ2n) is 5.19. The fraction of sp³-hybridized carbons (Fsp3) is 0.600. The molecular weight excluding hydrogens is 240 g/mol. The van der Waals surface area contributed by atoms with Gasteiger partial charge < -0.3 is 10.2 Å². The van der Waals surface area contributed by atoms with E-state index in [0.29, 0.717) is 0 Å². The highest BCUT2D eigenvalue weighted by molar-refractivity contribution is 7.98. The van der Waals surface area contributed by atoms with Gasteiger partial charge in [-0.2, -0.15) is 11.8 Å². The maximum Gasteiger partial charge on any atom is 0.0176 e. The first-order chi connectivity index (χ1) is 8.62. The maximum absolute atomic E-state index is 3.34. The van der Waals surface area contributed by atoms with E-state index in [2.05, 4.69) is 60.8 Å². The summed E-state index contributed by atoms with van der Waals surface area (Å²) in [4.78, 5) is 2.43. The average Bonchev–Trinajstić information content (AvgIpc) is 2.37. The standard InChI is InChI=1S/C15H26N2S/c1-15(12-16-2,13-17(3)10-11-18-4)14-8-6-5-7-9-14/h5-9,16H,10-13H2,1-4H3. The first-order valence-electron chi connectivity index (χ1n) is 6.50. The maximum atomic E-state index is 3.34. The number of nitrogens with zero attached hydrogens (tertiary/aromatic N) is 1. The highest BCUT2D eigenvalue weighted by Gasteiger charge is 2.27. The first kappa shape index (κ1) is 15.5. The molecule has 0 aromatic heterocycles. The molecule has 1 N–H and O–H groups in total. The van der Waals surface area contributed by atoms with Gasteiger partial charge in [-0.3, -0.25) is 0 Å². The molecule has 3 heteroatoms. The lowest BCUT2D eigenvalue weighted by atomic mass is 9.82. The number of benzene rings is 1. The van der Waals surface area contributed by atoms with Gasteiger partial charge in [-0.05, 0) is 25.9 Å². The third-order valence-corrected chi connectivity index (χ3v) is 3.92. The van der Waals surface area contributed by atoms with Gasteiger partial charge in [-0.15, -0.1) is 0 Å². The number of likely N-dealkylation sites (N-methyl/N-ethyl adjacent to an activating group) is 2. The molecule has 0 aliphatic heterocycles. The van der Waals surface area contributed by atoms with Crippen LogP contribution >= 0.6 is 11.8 Å². The summed E-state index contributed by atoms with van der Waals surface area (Å²) in [5.74, 6) is 1.20. The van der Waals surface area contributed by atoms with Crippen molar-refractivity contribution in [3.8, 4) is 0 Å². The molecule has 18 heavy (non-hydrogen) atoms. The van der Waals surface area contributed by atoms with Crippen LogP contribution in [0.25, 0.3) is 0 Å². The zero-order valence-corrected chi connectivity index (χ0v) is 12.9. The Morgan fingerprint density at radius 3 is 2.50 bits per heavy atom. The Hall–Kier alpha value is -0.510. The summed E-state index contributed by atoms with van der Waals surface area (Å²) >= 11 is 1.91. The SMILES string of the molecule is CNCC(C)(CN(C)CCSC)c1ccccc1. The van der Waals surface area contributed by atoms with E-state index in [1.165, 1.54) is 11.3 Å². The highest BCUT2D eigenvalue weighted by Crippen LogP contribution is 2.24. The Morgan fingerprint density at radius 1 is 1.28 bits per heavy atom. The summed E-state index contributed by atoms with van der Waals surface area (Å²) in [6.45, 7) is 5.57. The minimum absolute atomic E-state index is 0.170. The minimum atomic E-state index is 0.170. The first-order valence-corrected chi connectivity index (χ1v) is 7.89.